The second-order valence-corrected chi connectivity index (χ2v) is 4.76. The monoisotopic (exact) mass is 288 g/mol. The van der Waals surface area contributed by atoms with E-state index in [2.05, 4.69) is 26.1 Å². The molecule has 0 bridgehead atoms. The van der Waals surface area contributed by atoms with Crippen LogP contribution in [0.15, 0.2) is 22.7 Å². The maximum Gasteiger partial charge on any atom is 0.299 e. The molecule has 78 valence electrons. The first-order chi connectivity index (χ1) is 7.15. The normalized spacial score (nSPS) is 10.3. The van der Waals surface area contributed by atoms with E-state index in [0.717, 1.165) is 5.01 Å². The van der Waals surface area contributed by atoms with Gasteiger partial charge < -0.3 is 4.74 Å². The third kappa shape index (κ3) is 2.51. The van der Waals surface area contributed by atoms with Crippen molar-refractivity contribution >= 4 is 27.3 Å². The number of ether oxygens (including phenoxy) is 1. The first-order valence-electron chi connectivity index (χ1n) is 4.08. The Balaban J connectivity index is 2.27. The van der Waals surface area contributed by atoms with Crippen molar-refractivity contribution < 1.29 is 9.13 Å². The molecule has 0 N–H and O–H groups in total. The number of hydrogen-bond donors (Lipinski definition) is 0. The molecule has 3 nitrogen and oxygen atoms in total. The molecule has 0 radical (unpaired) electrons. The Kier molecular flexibility index (Phi) is 2.97. The van der Waals surface area contributed by atoms with Gasteiger partial charge in [-0.15, -0.1) is 5.10 Å². The Morgan fingerprint density at radius 2 is 2.20 bits per heavy atom. The topological polar surface area (TPSA) is 35.0 Å². The quantitative estimate of drug-likeness (QED) is 0.848. The van der Waals surface area contributed by atoms with Crippen LogP contribution in [0.1, 0.15) is 5.01 Å². The van der Waals surface area contributed by atoms with E-state index in [1.807, 2.05) is 6.92 Å². The van der Waals surface area contributed by atoms with Crippen molar-refractivity contribution in [1.29, 1.82) is 0 Å². The first kappa shape index (κ1) is 10.5. The predicted molar refractivity (Wildman–Crippen MR) is 58.8 cm³/mol. The summed E-state index contributed by atoms with van der Waals surface area (Å²) in [6.45, 7) is 1.82. The summed E-state index contributed by atoms with van der Waals surface area (Å²) in [5.74, 6) is 0.0422. The first-order valence-corrected chi connectivity index (χ1v) is 5.69. The molecule has 1 aromatic heterocycles. The van der Waals surface area contributed by atoms with Crippen molar-refractivity contribution in [2.75, 3.05) is 0 Å². The van der Waals surface area contributed by atoms with E-state index in [0.29, 0.717) is 15.4 Å². The molecule has 2 rings (SSSR count). The van der Waals surface area contributed by atoms with Crippen LogP contribution in [-0.2, 0) is 0 Å². The fraction of sp³-hybridized carbons (Fsp3) is 0.111. The second kappa shape index (κ2) is 4.24. The smallest absolute Gasteiger partial charge is 0.299 e. The molecular formula is C9H6BrFN2OS. The highest BCUT2D eigenvalue weighted by Gasteiger charge is 2.07. The number of halogens is 2. The van der Waals surface area contributed by atoms with E-state index in [1.54, 1.807) is 6.07 Å². The van der Waals surface area contributed by atoms with Crippen LogP contribution in [0.2, 0.25) is 0 Å². The lowest BCUT2D eigenvalue weighted by Gasteiger charge is -2.03. The highest BCUT2D eigenvalue weighted by molar-refractivity contribution is 9.10. The van der Waals surface area contributed by atoms with E-state index in [-0.39, 0.29) is 5.82 Å². The van der Waals surface area contributed by atoms with Gasteiger partial charge >= 0.3 is 0 Å². The number of nitrogens with zero attached hydrogens (tertiary/aromatic N) is 2. The van der Waals surface area contributed by atoms with Gasteiger partial charge in [-0.05, 0) is 35.0 Å². The van der Waals surface area contributed by atoms with Gasteiger partial charge in [-0.3, -0.25) is 0 Å². The summed E-state index contributed by atoms with van der Waals surface area (Å²) in [7, 11) is 0. The van der Waals surface area contributed by atoms with Gasteiger partial charge in [-0.2, -0.15) is 0 Å². The van der Waals surface area contributed by atoms with Gasteiger partial charge in [0.15, 0.2) is 0 Å². The number of rotatable bonds is 2. The number of hydrogen-bond acceptors (Lipinski definition) is 4. The van der Waals surface area contributed by atoms with Crippen molar-refractivity contribution in [3.05, 3.63) is 33.5 Å². The van der Waals surface area contributed by atoms with E-state index in [4.69, 9.17) is 4.74 Å². The Morgan fingerprint density at radius 3 is 2.87 bits per heavy atom. The maximum absolute atomic E-state index is 12.9. The minimum atomic E-state index is -0.352. The van der Waals surface area contributed by atoms with Crippen LogP contribution in [0.5, 0.6) is 10.9 Å². The number of benzene rings is 1. The molecule has 0 saturated heterocycles. The summed E-state index contributed by atoms with van der Waals surface area (Å²) in [6, 6.07) is 4.22. The minimum Gasteiger partial charge on any atom is -0.428 e. The van der Waals surface area contributed by atoms with Gasteiger partial charge in [0.25, 0.3) is 5.19 Å². The number of aromatic nitrogens is 2. The molecule has 0 aliphatic carbocycles. The van der Waals surface area contributed by atoms with Gasteiger partial charge in [0.1, 0.15) is 16.6 Å². The lowest BCUT2D eigenvalue weighted by Crippen LogP contribution is -1.86. The standard InChI is InChI=1S/C9H6BrFN2OS/c1-5-12-13-9(15-5)14-8-4-6(11)2-3-7(8)10/h2-4H,1H3. The molecule has 0 atom stereocenters. The molecule has 1 heterocycles. The average Bonchev–Trinajstić information content (AvgIpc) is 2.58. The van der Waals surface area contributed by atoms with Crippen molar-refractivity contribution in [2.45, 2.75) is 6.92 Å². The van der Waals surface area contributed by atoms with E-state index in [1.165, 1.54) is 23.5 Å². The second-order valence-electron chi connectivity index (χ2n) is 2.76. The Morgan fingerprint density at radius 1 is 1.40 bits per heavy atom. The third-order valence-corrected chi connectivity index (χ3v) is 2.97. The summed E-state index contributed by atoms with van der Waals surface area (Å²) >= 11 is 4.57. The fourth-order valence-corrected chi connectivity index (χ4v) is 1.84. The van der Waals surface area contributed by atoms with Crippen LogP contribution >= 0.6 is 27.3 Å². The van der Waals surface area contributed by atoms with Gasteiger partial charge in [-0.25, -0.2) is 4.39 Å². The highest BCUT2D eigenvalue weighted by Crippen LogP contribution is 2.31. The zero-order valence-electron chi connectivity index (χ0n) is 7.70. The van der Waals surface area contributed by atoms with Crippen LogP contribution in [0.3, 0.4) is 0 Å². The molecule has 15 heavy (non-hydrogen) atoms. The predicted octanol–water partition coefficient (Wildman–Crippen LogP) is 3.54. The molecule has 0 amide bonds. The van der Waals surface area contributed by atoms with E-state index < -0.39 is 0 Å². The van der Waals surface area contributed by atoms with Gasteiger partial charge in [-0.1, -0.05) is 16.4 Å². The van der Waals surface area contributed by atoms with Crippen LogP contribution in [0, 0.1) is 12.7 Å². The van der Waals surface area contributed by atoms with Gasteiger partial charge in [0, 0.05) is 6.07 Å². The minimum absolute atomic E-state index is 0.352. The summed E-state index contributed by atoms with van der Waals surface area (Å²) in [5.41, 5.74) is 0. The number of aryl methyl sites for hydroxylation is 1. The zero-order chi connectivity index (χ0) is 10.8. The molecule has 0 aliphatic rings. The Labute approximate surface area is 98.0 Å². The third-order valence-electron chi connectivity index (χ3n) is 1.60. The van der Waals surface area contributed by atoms with E-state index in [9.17, 15) is 4.39 Å². The zero-order valence-corrected chi connectivity index (χ0v) is 10.1. The molecule has 1 aromatic carbocycles. The molecule has 0 spiro atoms. The van der Waals surface area contributed by atoms with Crippen molar-refractivity contribution in [3.8, 4) is 10.9 Å². The lowest BCUT2D eigenvalue weighted by molar-refractivity contribution is 0.465. The molecule has 0 saturated carbocycles. The van der Waals surface area contributed by atoms with Crippen molar-refractivity contribution in [3.63, 3.8) is 0 Å². The Hall–Kier alpha value is -1.01. The van der Waals surface area contributed by atoms with Crippen LogP contribution < -0.4 is 4.74 Å². The molecule has 2 aromatic rings. The summed E-state index contributed by atoms with van der Waals surface area (Å²) in [4.78, 5) is 0. The maximum atomic E-state index is 12.9. The largest absolute Gasteiger partial charge is 0.428 e. The molecule has 0 aliphatic heterocycles. The highest BCUT2D eigenvalue weighted by atomic mass is 79.9. The average molecular weight is 289 g/mol. The molecular weight excluding hydrogens is 283 g/mol. The molecule has 0 unspecified atom stereocenters. The van der Waals surface area contributed by atoms with Crippen LogP contribution in [0.25, 0.3) is 0 Å². The summed E-state index contributed by atoms with van der Waals surface area (Å²) in [5, 5.41) is 8.79. The summed E-state index contributed by atoms with van der Waals surface area (Å²) < 4.78 is 19.0. The van der Waals surface area contributed by atoms with Crippen LogP contribution in [-0.4, -0.2) is 10.2 Å². The summed E-state index contributed by atoms with van der Waals surface area (Å²) in [6.07, 6.45) is 0. The van der Waals surface area contributed by atoms with Crippen LogP contribution in [0.4, 0.5) is 4.39 Å². The van der Waals surface area contributed by atoms with Crippen molar-refractivity contribution in [2.24, 2.45) is 0 Å². The Bertz CT molecular complexity index is 489. The molecule has 6 heteroatoms. The van der Waals surface area contributed by atoms with Gasteiger partial charge in [0.2, 0.25) is 0 Å². The van der Waals surface area contributed by atoms with Gasteiger partial charge in [0.05, 0.1) is 4.47 Å². The fourth-order valence-electron chi connectivity index (χ4n) is 0.969. The lowest BCUT2D eigenvalue weighted by atomic mass is 10.3. The van der Waals surface area contributed by atoms with Crippen molar-refractivity contribution in [1.82, 2.24) is 10.2 Å². The molecule has 0 fully saturated rings. The SMILES string of the molecule is Cc1nnc(Oc2cc(F)ccc2Br)s1. The van der Waals surface area contributed by atoms with E-state index >= 15 is 0 Å².